The number of esters is 1. The number of hydrogen-bond donors (Lipinski definition) is 1. The Balaban J connectivity index is 1.47. The maximum absolute atomic E-state index is 13.5. The van der Waals surface area contributed by atoms with E-state index in [1.165, 1.54) is 33.6 Å². The van der Waals surface area contributed by atoms with Crippen molar-refractivity contribution < 1.29 is 14.3 Å². The average Bonchev–Trinajstić information content (AvgIpc) is 3.47. The molecule has 38 heavy (non-hydrogen) atoms. The number of carbonyl (C=O) groups is 2. The molecular weight excluding hydrogens is 542 g/mol. The van der Waals surface area contributed by atoms with E-state index in [1.54, 1.807) is 36.6 Å². The molecule has 0 spiro atoms. The summed E-state index contributed by atoms with van der Waals surface area (Å²) in [6, 6.07) is 16.7. The van der Waals surface area contributed by atoms with Gasteiger partial charge in [0.2, 0.25) is 5.91 Å². The number of benzene rings is 2. The second-order valence-corrected chi connectivity index (χ2v) is 10.9. The zero-order valence-electron chi connectivity index (χ0n) is 20.5. The van der Waals surface area contributed by atoms with Crippen LogP contribution in [0.3, 0.4) is 0 Å². The van der Waals surface area contributed by atoms with Gasteiger partial charge in [-0.2, -0.15) is 0 Å². The molecule has 0 saturated heterocycles. The molecule has 1 amide bonds. The van der Waals surface area contributed by atoms with Crippen LogP contribution in [-0.2, 0) is 16.1 Å². The van der Waals surface area contributed by atoms with Gasteiger partial charge in [0.05, 0.1) is 18.3 Å². The third kappa shape index (κ3) is 5.00. The first-order valence-electron chi connectivity index (χ1n) is 11.8. The van der Waals surface area contributed by atoms with E-state index in [-0.39, 0.29) is 24.3 Å². The Morgan fingerprint density at radius 3 is 2.53 bits per heavy atom. The summed E-state index contributed by atoms with van der Waals surface area (Å²) in [5, 5.41) is 5.98. The van der Waals surface area contributed by atoms with Gasteiger partial charge in [-0.15, -0.1) is 22.7 Å². The summed E-state index contributed by atoms with van der Waals surface area (Å²) < 4.78 is 6.55. The minimum absolute atomic E-state index is 0.188. The SMILES string of the molecule is CCOC(=O)c1c(-c2ccc(Cl)cc2)csc1NC(=O)Cn1cnc2sc(C)c(-c3ccccc3)c2c1=O. The second-order valence-electron chi connectivity index (χ2n) is 8.39. The Labute approximate surface area is 231 Å². The topological polar surface area (TPSA) is 90.3 Å². The van der Waals surface area contributed by atoms with Crippen LogP contribution in [0, 0.1) is 6.92 Å². The van der Waals surface area contributed by atoms with Gasteiger partial charge in [0.25, 0.3) is 5.56 Å². The van der Waals surface area contributed by atoms with Gasteiger partial charge < -0.3 is 10.1 Å². The lowest BCUT2D eigenvalue weighted by Gasteiger charge is -2.10. The Morgan fingerprint density at radius 1 is 1.08 bits per heavy atom. The molecule has 3 heterocycles. The van der Waals surface area contributed by atoms with Crippen molar-refractivity contribution in [3.63, 3.8) is 0 Å². The number of anilines is 1. The molecule has 0 aliphatic rings. The molecule has 7 nitrogen and oxygen atoms in total. The molecule has 0 unspecified atom stereocenters. The van der Waals surface area contributed by atoms with E-state index in [4.69, 9.17) is 16.3 Å². The monoisotopic (exact) mass is 563 g/mol. The summed E-state index contributed by atoms with van der Waals surface area (Å²) in [4.78, 5) is 45.5. The quantitative estimate of drug-likeness (QED) is 0.224. The number of carbonyl (C=O) groups excluding carboxylic acids is 2. The summed E-state index contributed by atoms with van der Waals surface area (Å²) in [7, 11) is 0. The maximum Gasteiger partial charge on any atom is 0.341 e. The fourth-order valence-corrected chi connectivity index (χ4v) is 6.32. The number of halogens is 1. The van der Waals surface area contributed by atoms with Crippen LogP contribution in [0.1, 0.15) is 22.2 Å². The van der Waals surface area contributed by atoms with Crippen LogP contribution in [0.4, 0.5) is 5.00 Å². The Morgan fingerprint density at radius 2 is 1.82 bits per heavy atom. The molecule has 0 radical (unpaired) electrons. The van der Waals surface area contributed by atoms with Crippen molar-refractivity contribution in [2.24, 2.45) is 0 Å². The molecule has 3 aromatic heterocycles. The van der Waals surface area contributed by atoms with E-state index in [0.29, 0.717) is 25.8 Å². The van der Waals surface area contributed by atoms with Crippen molar-refractivity contribution in [2.45, 2.75) is 20.4 Å². The van der Waals surface area contributed by atoms with Crippen LogP contribution in [-0.4, -0.2) is 28.0 Å². The van der Waals surface area contributed by atoms with Crippen LogP contribution in [0.25, 0.3) is 32.5 Å². The summed E-state index contributed by atoms with van der Waals surface area (Å²) in [6.45, 7) is 3.60. The molecule has 5 aromatic rings. The number of amides is 1. The molecule has 192 valence electrons. The minimum Gasteiger partial charge on any atom is -0.462 e. The second kappa shape index (κ2) is 10.9. The highest BCUT2D eigenvalue weighted by Crippen LogP contribution is 2.37. The van der Waals surface area contributed by atoms with Gasteiger partial charge >= 0.3 is 5.97 Å². The lowest BCUT2D eigenvalue weighted by molar-refractivity contribution is -0.116. The van der Waals surface area contributed by atoms with Gasteiger partial charge in [-0.05, 0) is 37.1 Å². The lowest BCUT2D eigenvalue weighted by atomic mass is 10.0. The molecule has 5 rings (SSSR count). The zero-order chi connectivity index (χ0) is 26.8. The van der Waals surface area contributed by atoms with E-state index in [2.05, 4.69) is 10.3 Å². The first kappa shape index (κ1) is 25.8. The van der Waals surface area contributed by atoms with Crippen molar-refractivity contribution in [2.75, 3.05) is 11.9 Å². The third-order valence-electron chi connectivity index (χ3n) is 5.91. The molecule has 0 atom stereocenters. The van der Waals surface area contributed by atoms with Crippen LogP contribution in [0.15, 0.2) is 71.1 Å². The Kier molecular flexibility index (Phi) is 7.42. The molecule has 10 heteroatoms. The number of hydrogen-bond acceptors (Lipinski definition) is 7. The number of nitrogens with zero attached hydrogens (tertiary/aromatic N) is 2. The number of thiophene rings is 2. The maximum atomic E-state index is 13.5. The summed E-state index contributed by atoms with van der Waals surface area (Å²) in [6.07, 6.45) is 1.38. The normalized spacial score (nSPS) is 11.0. The minimum atomic E-state index is -0.546. The highest BCUT2D eigenvalue weighted by Gasteiger charge is 2.24. The van der Waals surface area contributed by atoms with Crippen molar-refractivity contribution >= 4 is 61.4 Å². The molecule has 0 saturated carbocycles. The van der Waals surface area contributed by atoms with Crippen molar-refractivity contribution in [3.8, 4) is 22.3 Å². The zero-order valence-corrected chi connectivity index (χ0v) is 22.9. The summed E-state index contributed by atoms with van der Waals surface area (Å²) in [5.74, 6) is -1.01. The fourth-order valence-electron chi connectivity index (χ4n) is 4.22. The van der Waals surface area contributed by atoms with Crippen LogP contribution >= 0.6 is 34.3 Å². The van der Waals surface area contributed by atoms with Crippen LogP contribution in [0.5, 0.6) is 0 Å². The average molecular weight is 564 g/mol. The van der Waals surface area contributed by atoms with E-state index in [1.807, 2.05) is 37.3 Å². The summed E-state index contributed by atoms with van der Waals surface area (Å²) >= 11 is 8.68. The fraction of sp³-hybridized carbons (Fsp3) is 0.143. The number of aryl methyl sites for hydroxylation is 1. The van der Waals surface area contributed by atoms with Crippen LogP contribution in [0.2, 0.25) is 5.02 Å². The molecule has 0 bridgehead atoms. The molecule has 0 fully saturated rings. The van der Waals surface area contributed by atoms with Crippen molar-refractivity contribution in [1.82, 2.24) is 9.55 Å². The van der Waals surface area contributed by atoms with Gasteiger partial charge in [0.15, 0.2) is 0 Å². The lowest BCUT2D eigenvalue weighted by Crippen LogP contribution is -2.28. The van der Waals surface area contributed by atoms with Gasteiger partial charge in [-0.1, -0.05) is 54.1 Å². The molecule has 1 N–H and O–H groups in total. The smallest absolute Gasteiger partial charge is 0.341 e. The van der Waals surface area contributed by atoms with E-state index in [0.717, 1.165) is 21.6 Å². The highest BCUT2D eigenvalue weighted by molar-refractivity contribution is 7.19. The predicted molar refractivity (Wildman–Crippen MR) is 153 cm³/mol. The largest absolute Gasteiger partial charge is 0.462 e. The van der Waals surface area contributed by atoms with E-state index < -0.39 is 11.9 Å². The Bertz CT molecular complexity index is 1710. The first-order chi connectivity index (χ1) is 18.4. The predicted octanol–water partition coefficient (Wildman–Crippen LogP) is 6.63. The number of aromatic nitrogens is 2. The standard InChI is InChI=1S/C28H22ClN3O4S2/c1-3-36-28(35)23-20(17-9-11-19(29)12-10-17)14-37-26(23)31-21(33)13-32-15-30-25-24(27(32)34)22(16(2)38-25)18-7-5-4-6-8-18/h4-12,14-15H,3,13H2,1-2H3,(H,31,33). The molecular formula is C28H22ClN3O4S2. The number of rotatable bonds is 7. The van der Waals surface area contributed by atoms with Gasteiger partial charge in [-0.3, -0.25) is 14.2 Å². The summed E-state index contributed by atoms with van der Waals surface area (Å²) in [5.41, 5.74) is 3.10. The van der Waals surface area contributed by atoms with Crippen molar-refractivity contribution in [1.29, 1.82) is 0 Å². The Hall–Kier alpha value is -3.79. The number of fused-ring (bicyclic) bond motifs is 1. The number of ether oxygens (including phenoxy) is 1. The van der Waals surface area contributed by atoms with Gasteiger partial charge in [0.1, 0.15) is 21.9 Å². The molecule has 0 aliphatic heterocycles. The van der Waals surface area contributed by atoms with Gasteiger partial charge in [-0.25, -0.2) is 9.78 Å². The van der Waals surface area contributed by atoms with E-state index in [9.17, 15) is 14.4 Å². The first-order valence-corrected chi connectivity index (χ1v) is 13.8. The van der Waals surface area contributed by atoms with Gasteiger partial charge in [0, 0.05) is 26.4 Å². The third-order valence-corrected chi connectivity index (χ3v) is 8.07. The molecule has 0 aliphatic carbocycles. The van der Waals surface area contributed by atoms with Crippen molar-refractivity contribution in [3.05, 3.63) is 92.1 Å². The highest BCUT2D eigenvalue weighted by atomic mass is 35.5. The number of nitrogens with one attached hydrogen (secondary N) is 1. The molecule has 2 aromatic carbocycles. The van der Waals surface area contributed by atoms with E-state index >= 15 is 0 Å². The van der Waals surface area contributed by atoms with Crippen LogP contribution < -0.4 is 10.9 Å².